The molecule has 0 fully saturated rings. The summed E-state index contributed by atoms with van der Waals surface area (Å²) in [6, 6.07) is 21.6. The molecule has 2 N–H and O–H groups in total. The lowest BCUT2D eigenvalue weighted by molar-refractivity contribution is 0.101. The molecule has 0 saturated heterocycles. The number of carbonyl (C=O) groups is 1. The summed E-state index contributed by atoms with van der Waals surface area (Å²) in [5, 5.41) is 7.12. The molecular weight excluding hydrogens is 360 g/mol. The Bertz CT molecular complexity index is 1220. The fourth-order valence-corrected chi connectivity index (χ4v) is 3.27. The van der Waals surface area contributed by atoms with Crippen LogP contribution in [0, 0.1) is 20.8 Å². The van der Waals surface area contributed by atoms with Crippen LogP contribution in [-0.4, -0.2) is 15.9 Å². The summed E-state index contributed by atoms with van der Waals surface area (Å²) in [6.45, 7) is 6.02. The van der Waals surface area contributed by atoms with Crippen LogP contribution in [0.3, 0.4) is 0 Å². The van der Waals surface area contributed by atoms with E-state index in [1.165, 1.54) is 0 Å². The third kappa shape index (κ3) is 4.09. The molecule has 4 aromatic rings. The zero-order valence-corrected chi connectivity index (χ0v) is 16.7. The van der Waals surface area contributed by atoms with Gasteiger partial charge in [0.2, 0.25) is 5.82 Å². The van der Waals surface area contributed by atoms with Crippen molar-refractivity contribution in [2.45, 2.75) is 20.8 Å². The fraction of sp³-hybridized carbons (Fsp3) is 0.125. The second-order valence-electron chi connectivity index (χ2n) is 7.18. The van der Waals surface area contributed by atoms with Gasteiger partial charge < -0.3 is 10.6 Å². The fourth-order valence-electron chi connectivity index (χ4n) is 3.27. The normalized spacial score (nSPS) is 10.7. The van der Waals surface area contributed by atoms with E-state index in [0.29, 0.717) is 11.3 Å². The minimum Gasteiger partial charge on any atom is -0.340 e. The molecule has 1 amide bonds. The topological polar surface area (TPSA) is 66.9 Å². The summed E-state index contributed by atoms with van der Waals surface area (Å²) in [4.78, 5) is 21.9. The molecule has 29 heavy (non-hydrogen) atoms. The van der Waals surface area contributed by atoms with Crippen molar-refractivity contribution in [2.24, 2.45) is 0 Å². The maximum Gasteiger partial charge on any atom is 0.293 e. The minimum absolute atomic E-state index is 0.124. The number of amides is 1. The van der Waals surface area contributed by atoms with Crippen LogP contribution in [0.2, 0.25) is 0 Å². The Kier molecular flexibility index (Phi) is 4.96. The molecule has 0 bridgehead atoms. The Balaban J connectivity index is 1.72. The molecule has 0 aliphatic heterocycles. The molecule has 5 heteroatoms. The van der Waals surface area contributed by atoms with Gasteiger partial charge in [0.15, 0.2) is 0 Å². The molecule has 1 aromatic heterocycles. The molecule has 0 spiro atoms. The molecule has 144 valence electrons. The van der Waals surface area contributed by atoms with Gasteiger partial charge in [-0.1, -0.05) is 42.0 Å². The lowest BCUT2D eigenvalue weighted by atomic mass is 10.1. The molecule has 5 nitrogen and oxygen atoms in total. The highest BCUT2D eigenvalue weighted by molar-refractivity contribution is 6.04. The first kappa shape index (κ1) is 18.6. The van der Waals surface area contributed by atoms with Crippen molar-refractivity contribution < 1.29 is 4.79 Å². The van der Waals surface area contributed by atoms with Crippen molar-refractivity contribution in [3.05, 3.63) is 89.2 Å². The van der Waals surface area contributed by atoms with E-state index in [0.717, 1.165) is 33.5 Å². The number of carbonyl (C=O) groups excluding carboxylic acids is 1. The predicted octanol–water partition coefficient (Wildman–Crippen LogP) is 5.55. The standard InChI is InChI=1S/C24H22N4O/c1-15-7-6-8-18(14-15)25-22-19-9-4-5-10-21(19)26-23(28-22)24(29)27-20-12-11-16(2)13-17(20)3/h4-14H,1-3H3,(H,27,29)(H,25,26,28). The van der Waals surface area contributed by atoms with Crippen LogP contribution >= 0.6 is 0 Å². The van der Waals surface area contributed by atoms with E-state index < -0.39 is 0 Å². The smallest absolute Gasteiger partial charge is 0.293 e. The molecule has 0 saturated carbocycles. The average molecular weight is 382 g/mol. The number of rotatable bonds is 4. The van der Waals surface area contributed by atoms with Gasteiger partial charge in [0, 0.05) is 16.8 Å². The molecule has 3 aromatic carbocycles. The maximum absolute atomic E-state index is 12.9. The first-order chi connectivity index (χ1) is 14.0. The van der Waals surface area contributed by atoms with Crippen molar-refractivity contribution >= 4 is 34.0 Å². The van der Waals surface area contributed by atoms with Gasteiger partial charge in [0.25, 0.3) is 5.91 Å². The number of anilines is 3. The molecule has 1 heterocycles. The highest BCUT2D eigenvalue weighted by Gasteiger charge is 2.15. The summed E-state index contributed by atoms with van der Waals surface area (Å²) in [6.07, 6.45) is 0. The minimum atomic E-state index is -0.338. The third-order valence-electron chi connectivity index (χ3n) is 4.72. The summed E-state index contributed by atoms with van der Waals surface area (Å²) in [5.41, 5.74) is 5.66. The van der Waals surface area contributed by atoms with Crippen molar-refractivity contribution in [1.82, 2.24) is 9.97 Å². The SMILES string of the molecule is Cc1cccc(Nc2nc(C(=O)Nc3ccc(C)cc3C)nc3ccccc23)c1. The number of hydrogen-bond donors (Lipinski definition) is 2. The highest BCUT2D eigenvalue weighted by Crippen LogP contribution is 2.25. The quantitative estimate of drug-likeness (QED) is 0.485. The van der Waals surface area contributed by atoms with Crippen LogP contribution in [0.4, 0.5) is 17.2 Å². The molecule has 4 rings (SSSR count). The van der Waals surface area contributed by atoms with E-state index in [2.05, 4.69) is 20.6 Å². The van der Waals surface area contributed by atoms with Crippen LogP contribution < -0.4 is 10.6 Å². The number of nitrogens with one attached hydrogen (secondary N) is 2. The van der Waals surface area contributed by atoms with E-state index >= 15 is 0 Å². The Morgan fingerprint density at radius 1 is 0.828 bits per heavy atom. The molecular formula is C24H22N4O. The molecule has 0 radical (unpaired) electrons. The predicted molar refractivity (Wildman–Crippen MR) is 118 cm³/mol. The van der Waals surface area contributed by atoms with Gasteiger partial charge in [-0.2, -0.15) is 0 Å². The Labute approximate surface area is 169 Å². The van der Waals surface area contributed by atoms with Gasteiger partial charge in [-0.05, 0) is 62.2 Å². The Morgan fingerprint density at radius 3 is 2.41 bits per heavy atom. The van der Waals surface area contributed by atoms with Crippen molar-refractivity contribution in [3.8, 4) is 0 Å². The van der Waals surface area contributed by atoms with Gasteiger partial charge in [-0.3, -0.25) is 4.79 Å². The maximum atomic E-state index is 12.9. The number of fused-ring (bicyclic) bond motifs is 1. The van der Waals surface area contributed by atoms with E-state index in [1.807, 2.05) is 87.5 Å². The van der Waals surface area contributed by atoms with Gasteiger partial charge in [0.1, 0.15) is 5.82 Å². The number of para-hydroxylation sites is 1. The van der Waals surface area contributed by atoms with Gasteiger partial charge >= 0.3 is 0 Å². The van der Waals surface area contributed by atoms with Crippen LogP contribution in [0.1, 0.15) is 27.3 Å². The van der Waals surface area contributed by atoms with Crippen LogP contribution in [0.25, 0.3) is 10.9 Å². The highest BCUT2D eigenvalue weighted by atomic mass is 16.2. The largest absolute Gasteiger partial charge is 0.340 e. The number of aryl methyl sites for hydroxylation is 3. The van der Waals surface area contributed by atoms with Crippen molar-refractivity contribution in [2.75, 3.05) is 10.6 Å². The summed E-state index contributed by atoms with van der Waals surface area (Å²) < 4.78 is 0. The van der Waals surface area contributed by atoms with Crippen LogP contribution in [-0.2, 0) is 0 Å². The molecule has 0 unspecified atom stereocenters. The number of nitrogens with zero attached hydrogens (tertiary/aromatic N) is 2. The van der Waals surface area contributed by atoms with Gasteiger partial charge in [-0.15, -0.1) is 0 Å². The summed E-state index contributed by atoms with van der Waals surface area (Å²) >= 11 is 0. The zero-order valence-electron chi connectivity index (χ0n) is 16.7. The van der Waals surface area contributed by atoms with Crippen molar-refractivity contribution in [3.63, 3.8) is 0 Å². The lowest BCUT2D eigenvalue weighted by Gasteiger charge is -2.12. The average Bonchev–Trinajstić information content (AvgIpc) is 2.70. The van der Waals surface area contributed by atoms with Gasteiger partial charge in [-0.25, -0.2) is 9.97 Å². The Morgan fingerprint density at radius 2 is 1.62 bits per heavy atom. The molecule has 0 atom stereocenters. The first-order valence-electron chi connectivity index (χ1n) is 9.49. The van der Waals surface area contributed by atoms with E-state index in [9.17, 15) is 4.79 Å². The van der Waals surface area contributed by atoms with Gasteiger partial charge in [0.05, 0.1) is 5.52 Å². The molecule has 0 aliphatic rings. The number of benzene rings is 3. The second-order valence-corrected chi connectivity index (χ2v) is 7.18. The number of aromatic nitrogens is 2. The van der Waals surface area contributed by atoms with E-state index in [4.69, 9.17) is 0 Å². The zero-order chi connectivity index (χ0) is 20.4. The summed E-state index contributed by atoms with van der Waals surface area (Å²) in [5.74, 6) is 0.390. The monoisotopic (exact) mass is 382 g/mol. The van der Waals surface area contributed by atoms with Crippen molar-refractivity contribution in [1.29, 1.82) is 0 Å². The van der Waals surface area contributed by atoms with Crippen LogP contribution in [0.5, 0.6) is 0 Å². The van der Waals surface area contributed by atoms with E-state index in [1.54, 1.807) is 0 Å². The number of hydrogen-bond acceptors (Lipinski definition) is 4. The third-order valence-corrected chi connectivity index (χ3v) is 4.72. The molecule has 0 aliphatic carbocycles. The van der Waals surface area contributed by atoms with E-state index in [-0.39, 0.29) is 11.7 Å². The first-order valence-corrected chi connectivity index (χ1v) is 9.49. The summed E-state index contributed by atoms with van der Waals surface area (Å²) in [7, 11) is 0. The second kappa shape index (κ2) is 7.72. The lowest BCUT2D eigenvalue weighted by Crippen LogP contribution is -2.17. The Hall–Kier alpha value is -3.73. The van der Waals surface area contributed by atoms with Crippen LogP contribution in [0.15, 0.2) is 66.7 Å².